The third-order valence-corrected chi connectivity index (χ3v) is 4.03. The van der Waals surface area contributed by atoms with E-state index in [1.807, 2.05) is 0 Å². The van der Waals surface area contributed by atoms with Crippen molar-refractivity contribution in [3.8, 4) is 11.8 Å². The lowest BCUT2D eigenvalue weighted by atomic mass is 9.92. The van der Waals surface area contributed by atoms with Crippen molar-refractivity contribution >= 4 is 0 Å². The van der Waals surface area contributed by atoms with Crippen LogP contribution in [0.2, 0.25) is 0 Å². The first-order valence-electron chi connectivity index (χ1n) is 8.89. The van der Waals surface area contributed by atoms with Crippen LogP contribution in [0.25, 0.3) is 0 Å². The fraction of sp³-hybridized carbons (Fsp3) is 0.800. The van der Waals surface area contributed by atoms with Gasteiger partial charge < -0.3 is 0 Å². The highest BCUT2D eigenvalue weighted by Gasteiger charge is 2.05. The smallest absolute Gasteiger partial charge is 0.00886 e. The lowest BCUT2D eigenvalue weighted by Crippen LogP contribution is -1.99. The normalized spacial score (nSPS) is 11.9. The molecule has 0 spiro atoms. The molecule has 0 nitrogen and oxygen atoms in total. The van der Waals surface area contributed by atoms with Gasteiger partial charge in [0, 0.05) is 12.8 Å². The van der Waals surface area contributed by atoms with E-state index in [9.17, 15) is 0 Å². The summed E-state index contributed by atoms with van der Waals surface area (Å²) in [5.74, 6) is 7.55. The zero-order valence-electron chi connectivity index (χ0n) is 13.9. The SMILES string of the molecule is [CH2]CCCCC#CCCCCC(CC)CCCCC[CH2]. The Kier molecular flexibility index (Phi) is 16.2. The molecule has 0 aromatic rings. The molecule has 116 valence electrons. The summed E-state index contributed by atoms with van der Waals surface area (Å²) in [6, 6.07) is 0. The molecule has 0 aliphatic heterocycles. The minimum Gasteiger partial charge on any atom is -0.103 e. The predicted octanol–water partition coefficient (Wildman–Crippen LogP) is 6.76. The molecule has 0 bridgehead atoms. The maximum atomic E-state index is 3.91. The van der Waals surface area contributed by atoms with Crippen molar-refractivity contribution in [1.29, 1.82) is 0 Å². The fourth-order valence-corrected chi connectivity index (χ4v) is 2.55. The minimum atomic E-state index is 0.949. The highest BCUT2D eigenvalue weighted by atomic mass is 14.1. The monoisotopic (exact) mass is 276 g/mol. The summed E-state index contributed by atoms with van der Waals surface area (Å²) in [5, 5.41) is 0. The zero-order valence-corrected chi connectivity index (χ0v) is 13.9. The van der Waals surface area contributed by atoms with Crippen LogP contribution in [0.3, 0.4) is 0 Å². The molecule has 0 N–H and O–H groups in total. The lowest BCUT2D eigenvalue weighted by Gasteiger charge is -2.13. The molecule has 0 heteroatoms. The van der Waals surface area contributed by atoms with Crippen molar-refractivity contribution in [2.45, 2.75) is 96.8 Å². The molecule has 0 saturated carbocycles. The van der Waals surface area contributed by atoms with E-state index in [1.54, 1.807) is 0 Å². The van der Waals surface area contributed by atoms with E-state index in [-0.39, 0.29) is 0 Å². The Hall–Kier alpha value is -0.440. The molecule has 0 aromatic carbocycles. The van der Waals surface area contributed by atoms with Crippen LogP contribution in [-0.4, -0.2) is 0 Å². The third kappa shape index (κ3) is 14.0. The number of hydrogen-bond donors (Lipinski definition) is 0. The zero-order chi connectivity index (χ0) is 14.9. The van der Waals surface area contributed by atoms with Gasteiger partial charge in [-0.05, 0) is 18.8 Å². The number of rotatable bonds is 13. The molecule has 0 fully saturated rings. The van der Waals surface area contributed by atoms with Crippen LogP contribution in [-0.2, 0) is 0 Å². The number of unbranched alkanes of at least 4 members (excludes halogenated alkanes) is 8. The van der Waals surface area contributed by atoms with Crippen LogP contribution < -0.4 is 0 Å². The topological polar surface area (TPSA) is 0 Å². The van der Waals surface area contributed by atoms with Crippen molar-refractivity contribution in [3.05, 3.63) is 13.8 Å². The number of hydrogen-bond acceptors (Lipinski definition) is 0. The summed E-state index contributed by atoms with van der Waals surface area (Å²) in [5.41, 5.74) is 0. The van der Waals surface area contributed by atoms with Gasteiger partial charge >= 0.3 is 0 Å². The Morgan fingerprint density at radius 2 is 1.20 bits per heavy atom. The molecule has 2 radical (unpaired) electrons. The van der Waals surface area contributed by atoms with E-state index in [1.165, 1.54) is 64.2 Å². The Morgan fingerprint density at radius 3 is 1.75 bits per heavy atom. The minimum absolute atomic E-state index is 0.949. The molecule has 0 rings (SSSR count). The largest absolute Gasteiger partial charge is 0.103 e. The van der Waals surface area contributed by atoms with Crippen LogP contribution in [0.15, 0.2) is 0 Å². The maximum Gasteiger partial charge on any atom is 0.00886 e. The van der Waals surface area contributed by atoms with Crippen LogP contribution in [0.1, 0.15) is 96.8 Å². The molecular weight excluding hydrogens is 240 g/mol. The molecule has 0 saturated heterocycles. The third-order valence-electron chi connectivity index (χ3n) is 4.03. The van der Waals surface area contributed by atoms with E-state index in [2.05, 4.69) is 32.6 Å². The second-order valence-corrected chi connectivity index (χ2v) is 5.89. The van der Waals surface area contributed by atoms with E-state index in [4.69, 9.17) is 0 Å². The van der Waals surface area contributed by atoms with Crippen molar-refractivity contribution in [2.24, 2.45) is 5.92 Å². The first-order chi connectivity index (χ1) is 9.85. The van der Waals surface area contributed by atoms with Gasteiger partial charge in [-0.1, -0.05) is 85.0 Å². The van der Waals surface area contributed by atoms with Crippen LogP contribution in [0.4, 0.5) is 0 Å². The molecule has 1 unspecified atom stereocenters. The highest BCUT2D eigenvalue weighted by molar-refractivity contribution is 4.98. The van der Waals surface area contributed by atoms with Gasteiger partial charge in [0.1, 0.15) is 0 Å². The fourth-order valence-electron chi connectivity index (χ4n) is 2.55. The van der Waals surface area contributed by atoms with Gasteiger partial charge in [-0.3, -0.25) is 0 Å². The van der Waals surface area contributed by atoms with Crippen LogP contribution in [0.5, 0.6) is 0 Å². The summed E-state index contributed by atoms with van der Waals surface area (Å²) in [6.45, 7) is 10.1. The van der Waals surface area contributed by atoms with Gasteiger partial charge in [-0.25, -0.2) is 0 Å². The van der Waals surface area contributed by atoms with E-state index < -0.39 is 0 Å². The predicted molar refractivity (Wildman–Crippen MR) is 92.3 cm³/mol. The summed E-state index contributed by atoms with van der Waals surface area (Å²) < 4.78 is 0. The quantitative estimate of drug-likeness (QED) is 0.257. The van der Waals surface area contributed by atoms with Gasteiger partial charge in [0.15, 0.2) is 0 Å². The van der Waals surface area contributed by atoms with Gasteiger partial charge in [0.2, 0.25) is 0 Å². The van der Waals surface area contributed by atoms with Gasteiger partial charge in [0.25, 0.3) is 0 Å². The standard InChI is InChI=1S/C20H36/c1-4-7-9-11-12-13-14-15-17-19-20(6-3)18-16-10-8-5-2/h20H,1-2,4-11,14-19H2,3H3. The van der Waals surface area contributed by atoms with Crippen LogP contribution in [0, 0.1) is 31.6 Å². The average molecular weight is 277 g/mol. The van der Waals surface area contributed by atoms with Crippen LogP contribution >= 0.6 is 0 Å². The highest BCUT2D eigenvalue weighted by Crippen LogP contribution is 2.20. The van der Waals surface area contributed by atoms with E-state index in [0.717, 1.165) is 31.6 Å². The Balaban J connectivity index is 3.41. The molecule has 0 aliphatic rings. The van der Waals surface area contributed by atoms with Crippen molar-refractivity contribution in [2.75, 3.05) is 0 Å². The summed E-state index contributed by atoms with van der Waals surface area (Å²) in [7, 11) is 0. The van der Waals surface area contributed by atoms with Crippen molar-refractivity contribution < 1.29 is 0 Å². The molecule has 0 amide bonds. The average Bonchev–Trinajstić information content (AvgIpc) is 2.47. The second kappa shape index (κ2) is 16.6. The van der Waals surface area contributed by atoms with E-state index in [0.29, 0.717) is 0 Å². The molecule has 20 heavy (non-hydrogen) atoms. The molecule has 1 atom stereocenters. The second-order valence-electron chi connectivity index (χ2n) is 5.89. The first kappa shape index (κ1) is 19.6. The van der Waals surface area contributed by atoms with Gasteiger partial charge in [0.05, 0.1) is 0 Å². The summed E-state index contributed by atoms with van der Waals surface area (Å²) in [4.78, 5) is 0. The van der Waals surface area contributed by atoms with Gasteiger partial charge in [-0.15, -0.1) is 11.8 Å². The Morgan fingerprint density at radius 1 is 0.700 bits per heavy atom. The Labute approximate surface area is 129 Å². The molecule has 0 aliphatic carbocycles. The lowest BCUT2D eigenvalue weighted by molar-refractivity contribution is 0.400. The summed E-state index contributed by atoms with van der Waals surface area (Å²) in [6.07, 6.45) is 17.7. The van der Waals surface area contributed by atoms with Crippen molar-refractivity contribution in [1.82, 2.24) is 0 Å². The first-order valence-corrected chi connectivity index (χ1v) is 8.89. The molecule has 0 aromatic heterocycles. The molecular formula is C20H36. The Bertz CT molecular complexity index is 230. The summed E-state index contributed by atoms with van der Waals surface area (Å²) >= 11 is 0. The maximum absolute atomic E-state index is 3.91. The molecule has 0 heterocycles. The van der Waals surface area contributed by atoms with E-state index >= 15 is 0 Å². The van der Waals surface area contributed by atoms with Crippen molar-refractivity contribution in [3.63, 3.8) is 0 Å². The van der Waals surface area contributed by atoms with Gasteiger partial charge in [-0.2, -0.15) is 0 Å².